The molecule has 1 heterocycles. The van der Waals surface area contributed by atoms with Crippen molar-refractivity contribution in [1.82, 2.24) is 25.9 Å². The van der Waals surface area contributed by atoms with Gasteiger partial charge >= 0.3 is 5.97 Å². The van der Waals surface area contributed by atoms with E-state index in [1.807, 2.05) is 0 Å². The van der Waals surface area contributed by atoms with Gasteiger partial charge in [0.15, 0.2) is 0 Å². The van der Waals surface area contributed by atoms with Gasteiger partial charge in [0.25, 0.3) is 0 Å². The fourth-order valence-electron chi connectivity index (χ4n) is 2.28. The number of carboxylic acids is 1. The van der Waals surface area contributed by atoms with Crippen molar-refractivity contribution < 1.29 is 29.1 Å². The van der Waals surface area contributed by atoms with Gasteiger partial charge in [-0.1, -0.05) is 0 Å². The molecule has 4 amide bonds. The number of imidazole rings is 1. The molecule has 0 aliphatic rings. The fraction of sp³-hybridized carbons (Fsp3) is 0.500. The zero-order chi connectivity index (χ0) is 22.7. The number of aliphatic carboxylic acids is 1. The third kappa shape index (κ3) is 8.91. The molecule has 0 spiro atoms. The number of nitrogens with one attached hydrogen (secondary N) is 4. The number of rotatable bonds is 13. The molecule has 0 aromatic carbocycles. The number of amides is 4. The van der Waals surface area contributed by atoms with Crippen molar-refractivity contribution in [2.45, 2.75) is 37.4 Å². The molecule has 3 unspecified atom stereocenters. The number of nitrogens with zero attached hydrogens (tertiary/aromatic N) is 1. The zero-order valence-corrected chi connectivity index (χ0v) is 16.9. The molecule has 13 nitrogen and oxygen atoms in total. The van der Waals surface area contributed by atoms with Gasteiger partial charge in [0, 0.05) is 30.5 Å². The van der Waals surface area contributed by atoms with E-state index in [-0.39, 0.29) is 25.0 Å². The van der Waals surface area contributed by atoms with E-state index in [4.69, 9.17) is 16.6 Å². The highest BCUT2D eigenvalue weighted by atomic mass is 32.1. The second-order valence-electron chi connectivity index (χ2n) is 6.31. The third-order valence-corrected chi connectivity index (χ3v) is 4.25. The molecule has 3 atom stereocenters. The first-order valence-electron chi connectivity index (χ1n) is 8.86. The molecule has 0 saturated heterocycles. The minimum Gasteiger partial charge on any atom is -0.480 e. The molecule has 0 fully saturated rings. The minimum absolute atomic E-state index is 0.154. The number of carbonyl (C=O) groups excluding carboxylic acids is 4. The van der Waals surface area contributed by atoms with Gasteiger partial charge in [0.1, 0.15) is 12.1 Å². The van der Waals surface area contributed by atoms with Crippen LogP contribution >= 0.6 is 12.6 Å². The molecule has 1 rings (SSSR count). The number of H-pyrrole nitrogens is 1. The van der Waals surface area contributed by atoms with E-state index in [0.29, 0.717) is 5.69 Å². The Kier molecular flexibility index (Phi) is 10.3. The van der Waals surface area contributed by atoms with E-state index < -0.39 is 54.3 Å². The fourth-order valence-corrected chi connectivity index (χ4v) is 2.53. The Bertz CT molecular complexity index is 757. The Hall–Kier alpha value is -3.13. The SMILES string of the molecule is NC(=O)CCC(NC(=O)CNC(=O)C(N)Cc1cnc[nH]1)C(=O)NC(CS)C(=O)O. The number of carboxylic acid groups (broad SMARTS) is 1. The molecule has 0 bridgehead atoms. The lowest BCUT2D eigenvalue weighted by molar-refractivity contribution is -0.141. The van der Waals surface area contributed by atoms with Crippen molar-refractivity contribution in [1.29, 1.82) is 0 Å². The van der Waals surface area contributed by atoms with E-state index >= 15 is 0 Å². The van der Waals surface area contributed by atoms with Gasteiger partial charge in [0.2, 0.25) is 23.6 Å². The number of primary amides is 1. The Morgan fingerprint density at radius 3 is 2.40 bits per heavy atom. The van der Waals surface area contributed by atoms with Crippen molar-refractivity contribution in [2.24, 2.45) is 11.5 Å². The number of hydrogen-bond donors (Lipinski definition) is 8. The molecular weight excluding hydrogens is 418 g/mol. The highest BCUT2D eigenvalue weighted by molar-refractivity contribution is 7.80. The van der Waals surface area contributed by atoms with Gasteiger partial charge in [0.05, 0.1) is 18.9 Å². The van der Waals surface area contributed by atoms with E-state index in [1.165, 1.54) is 12.5 Å². The third-order valence-electron chi connectivity index (χ3n) is 3.88. The molecular formula is C16H25N7O6S. The van der Waals surface area contributed by atoms with Crippen LogP contribution in [0.1, 0.15) is 18.5 Å². The van der Waals surface area contributed by atoms with Crippen LogP contribution in [0.5, 0.6) is 0 Å². The normalized spacial score (nSPS) is 13.5. The Labute approximate surface area is 177 Å². The van der Waals surface area contributed by atoms with Crippen LogP contribution in [-0.2, 0) is 30.4 Å². The molecule has 0 aliphatic heterocycles. The molecule has 0 aliphatic carbocycles. The van der Waals surface area contributed by atoms with Crippen LogP contribution in [0.4, 0.5) is 0 Å². The summed E-state index contributed by atoms with van der Waals surface area (Å²) in [5.74, 6) is -4.35. The van der Waals surface area contributed by atoms with Gasteiger partial charge in [-0.2, -0.15) is 12.6 Å². The predicted molar refractivity (Wildman–Crippen MR) is 107 cm³/mol. The summed E-state index contributed by atoms with van der Waals surface area (Å²) in [6.45, 7) is -0.481. The second-order valence-corrected chi connectivity index (χ2v) is 6.68. The average molecular weight is 443 g/mol. The smallest absolute Gasteiger partial charge is 0.327 e. The van der Waals surface area contributed by atoms with Crippen LogP contribution in [-0.4, -0.2) is 75.1 Å². The molecule has 9 N–H and O–H groups in total. The maximum atomic E-state index is 12.3. The molecule has 1 aromatic heterocycles. The number of carbonyl (C=O) groups is 5. The first-order chi connectivity index (χ1) is 14.1. The van der Waals surface area contributed by atoms with Crippen LogP contribution in [0.2, 0.25) is 0 Å². The van der Waals surface area contributed by atoms with Crippen LogP contribution in [0.15, 0.2) is 12.5 Å². The quantitative estimate of drug-likeness (QED) is 0.143. The lowest BCUT2D eigenvalue weighted by Crippen LogP contribution is -2.54. The minimum atomic E-state index is -1.31. The standard InChI is InChI=1S/C16H25N7O6S/c17-9(3-8-4-19-7-21-8)14(26)20-5-13(25)22-10(1-2-12(18)24)15(27)23-11(6-30)16(28)29/h4,7,9-11,30H,1-3,5-6,17H2,(H2,18,24)(H,19,21)(H,20,26)(H,22,25)(H,23,27)(H,28,29). The molecule has 30 heavy (non-hydrogen) atoms. The lowest BCUT2D eigenvalue weighted by Gasteiger charge is -2.20. The van der Waals surface area contributed by atoms with Crippen molar-refractivity contribution in [2.75, 3.05) is 12.3 Å². The lowest BCUT2D eigenvalue weighted by atomic mass is 10.1. The van der Waals surface area contributed by atoms with E-state index in [2.05, 4.69) is 38.5 Å². The summed E-state index contributed by atoms with van der Waals surface area (Å²) in [7, 11) is 0. The van der Waals surface area contributed by atoms with Crippen LogP contribution < -0.4 is 27.4 Å². The maximum absolute atomic E-state index is 12.3. The van der Waals surface area contributed by atoms with E-state index in [1.54, 1.807) is 0 Å². The summed E-state index contributed by atoms with van der Waals surface area (Å²) in [4.78, 5) is 65.1. The van der Waals surface area contributed by atoms with E-state index in [0.717, 1.165) is 0 Å². The summed E-state index contributed by atoms with van der Waals surface area (Å²) in [6, 6.07) is -3.45. The van der Waals surface area contributed by atoms with Gasteiger partial charge in [-0.05, 0) is 6.42 Å². The van der Waals surface area contributed by atoms with Crippen molar-refractivity contribution in [3.8, 4) is 0 Å². The molecule has 14 heteroatoms. The topological polar surface area (TPSA) is 222 Å². The summed E-state index contributed by atoms with van der Waals surface area (Å²) in [5, 5.41) is 15.9. The van der Waals surface area contributed by atoms with E-state index in [9.17, 15) is 24.0 Å². The number of aromatic nitrogens is 2. The second kappa shape index (κ2) is 12.4. The molecule has 166 valence electrons. The molecule has 0 radical (unpaired) electrons. The monoisotopic (exact) mass is 443 g/mol. The largest absolute Gasteiger partial charge is 0.480 e. The van der Waals surface area contributed by atoms with Crippen LogP contribution in [0.3, 0.4) is 0 Å². The highest BCUT2D eigenvalue weighted by Crippen LogP contribution is 2.00. The van der Waals surface area contributed by atoms with Crippen LogP contribution in [0.25, 0.3) is 0 Å². The molecule has 1 aromatic rings. The molecule has 0 saturated carbocycles. The summed E-state index contributed by atoms with van der Waals surface area (Å²) in [6.07, 6.45) is 2.75. The first-order valence-corrected chi connectivity index (χ1v) is 9.49. The Morgan fingerprint density at radius 2 is 1.87 bits per heavy atom. The van der Waals surface area contributed by atoms with Gasteiger partial charge in [-0.25, -0.2) is 9.78 Å². The number of hydrogen-bond acceptors (Lipinski definition) is 8. The predicted octanol–water partition coefficient (Wildman–Crippen LogP) is -3.35. The van der Waals surface area contributed by atoms with Crippen molar-refractivity contribution >= 4 is 42.2 Å². The summed E-state index contributed by atoms with van der Waals surface area (Å²) in [5.41, 5.74) is 11.5. The van der Waals surface area contributed by atoms with Crippen molar-refractivity contribution in [3.05, 3.63) is 18.2 Å². The van der Waals surface area contributed by atoms with Gasteiger partial charge in [-0.3, -0.25) is 19.2 Å². The Balaban J connectivity index is 2.60. The van der Waals surface area contributed by atoms with Crippen LogP contribution in [0, 0.1) is 0 Å². The number of nitrogens with two attached hydrogens (primary N) is 2. The highest BCUT2D eigenvalue weighted by Gasteiger charge is 2.26. The van der Waals surface area contributed by atoms with Gasteiger partial charge in [-0.15, -0.1) is 0 Å². The average Bonchev–Trinajstić information content (AvgIpc) is 3.19. The zero-order valence-electron chi connectivity index (χ0n) is 16.0. The summed E-state index contributed by atoms with van der Waals surface area (Å²) >= 11 is 3.84. The first kappa shape index (κ1) is 24.9. The number of aromatic amines is 1. The maximum Gasteiger partial charge on any atom is 0.327 e. The number of thiol groups is 1. The summed E-state index contributed by atoms with van der Waals surface area (Å²) < 4.78 is 0. The van der Waals surface area contributed by atoms with Gasteiger partial charge < -0.3 is 37.5 Å². The Morgan fingerprint density at radius 1 is 1.17 bits per heavy atom. The van der Waals surface area contributed by atoms with Crippen molar-refractivity contribution in [3.63, 3.8) is 0 Å².